The van der Waals surface area contributed by atoms with Crippen molar-refractivity contribution >= 4 is 0 Å². The van der Waals surface area contributed by atoms with Crippen LogP contribution >= 0.6 is 0 Å². The normalized spacial score (nSPS) is 13.7. The molecule has 0 aliphatic rings. The van der Waals surface area contributed by atoms with Crippen LogP contribution in [0, 0.1) is 5.92 Å². The van der Waals surface area contributed by atoms with E-state index in [1.165, 1.54) is 16.7 Å². The van der Waals surface area contributed by atoms with Crippen molar-refractivity contribution in [1.29, 1.82) is 0 Å². The molecular formula is C29H38. The standard InChI is InChI=1S/C23H28.C6H10/c1-5-6-13-19(2)18-20(3)23(4,21-14-9-7-10-15-21)22-16-11-8-12-17-22;1-3-5-6-4-2/h5-12,14-19H,13H2,1-4H3;3-6H,1-2H3/b6-5-,20-18+;5-3-,6-4-. The summed E-state index contributed by atoms with van der Waals surface area (Å²) in [5, 5.41) is 0. The third-order valence-corrected chi connectivity index (χ3v) is 5.27. The number of hydrogen-bond acceptors (Lipinski definition) is 0. The van der Waals surface area contributed by atoms with Crippen LogP contribution in [0.1, 0.15) is 59.1 Å². The van der Waals surface area contributed by atoms with E-state index in [-0.39, 0.29) is 5.41 Å². The van der Waals surface area contributed by atoms with Crippen molar-refractivity contribution in [3.63, 3.8) is 0 Å². The average Bonchev–Trinajstić information content (AvgIpc) is 2.77. The van der Waals surface area contributed by atoms with E-state index in [0.717, 1.165) is 6.42 Å². The Morgan fingerprint density at radius 2 is 1.24 bits per heavy atom. The summed E-state index contributed by atoms with van der Waals surface area (Å²) in [6, 6.07) is 21.6. The van der Waals surface area contributed by atoms with Gasteiger partial charge in [0.2, 0.25) is 0 Å². The molecule has 2 rings (SSSR count). The third-order valence-electron chi connectivity index (χ3n) is 5.27. The van der Waals surface area contributed by atoms with Crippen LogP contribution in [0.15, 0.2) is 109 Å². The first-order valence-electron chi connectivity index (χ1n) is 10.7. The van der Waals surface area contributed by atoms with E-state index in [2.05, 4.69) is 107 Å². The van der Waals surface area contributed by atoms with Crippen LogP contribution < -0.4 is 0 Å². The summed E-state index contributed by atoms with van der Waals surface area (Å²) < 4.78 is 0. The molecule has 0 spiro atoms. The molecular weight excluding hydrogens is 348 g/mol. The van der Waals surface area contributed by atoms with Gasteiger partial charge in [0.1, 0.15) is 0 Å². The molecule has 0 aliphatic heterocycles. The zero-order valence-corrected chi connectivity index (χ0v) is 19.1. The van der Waals surface area contributed by atoms with Gasteiger partial charge in [0.05, 0.1) is 0 Å². The number of rotatable bonds is 7. The highest BCUT2D eigenvalue weighted by molar-refractivity contribution is 5.47. The zero-order chi connectivity index (χ0) is 21.5. The van der Waals surface area contributed by atoms with Gasteiger partial charge in [-0.15, -0.1) is 0 Å². The summed E-state index contributed by atoms with van der Waals surface area (Å²) in [5.74, 6) is 0.540. The fourth-order valence-electron chi connectivity index (χ4n) is 3.40. The van der Waals surface area contributed by atoms with Crippen molar-refractivity contribution in [2.24, 2.45) is 5.92 Å². The van der Waals surface area contributed by atoms with Gasteiger partial charge < -0.3 is 0 Å². The largest absolute Gasteiger partial charge is 0.0916 e. The molecule has 29 heavy (non-hydrogen) atoms. The van der Waals surface area contributed by atoms with Crippen molar-refractivity contribution in [1.82, 2.24) is 0 Å². The van der Waals surface area contributed by atoms with Crippen LogP contribution in [-0.4, -0.2) is 0 Å². The van der Waals surface area contributed by atoms with Gasteiger partial charge in [0.15, 0.2) is 0 Å². The van der Waals surface area contributed by atoms with E-state index in [0.29, 0.717) is 5.92 Å². The summed E-state index contributed by atoms with van der Waals surface area (Å²) in [6.07, 6.45) is 15.9. The van der Waals surface area contributed by atoms with E-state index in [4.69, 9.17) is 0 Å². The van der Waals surface area contributed by atoms with Gasteiger partial charge in [-0.1, -0.05) is 116 Å². The van der Waals surface area contributed by atoms with Crippen LogP contribution in [-0.2, 0) is 5.41 Å². The molecule has 0 aliphatic carbocycles. The van der Waals surface area contributed by atoms with Crippen LogP contribution in [0.25, 0.3) is 0 Å². The first kappa shape index (κ1) is 24.4. The predicted molar refractivity (Wildman–Crippen MR) is 131 cm³/mol. The molecule has 0 bridgehead atoms. The van der Waals surface area contributed by atoms with Gasteiger partial charge in [0, 0.05) is 5.41 Å². The Morgan fingerprint density at radius 1 is 0.793 bits per heavy atom. The zero-order valence-electron chi connectivity index (χ0n) is 19.1. The third kappa shape index (κ3) is 7.74. The SMILES string of the molecule is C/C=C\C=C/C.C/C=C\CC(C)/C=C(\C)C(C)(c1ccccc1)c1ccccc1. The fourth-order valence-corrected chi connectivity index (χ4v) is 3.40. The molecule has 1 atom stereocenters. The van der Waals surface area contributed by atoms with Crippen molar-refractivity contribution in [3.8, 4) is 0 Å². The molecule has 1 unspecified atom stereocenters. The van der Waals surface area contributed by atoms with Crippen molar-refractivity contribution in [2.45, 2.75) is 53.4 Å². The van der Waals surface area contributed by atoms with E-state index in [1.54, 1.807) is 0 Å². The monoisotopic (exact) mass is 386 g/mol. The fraction of sp³-hybridized carbons (Fsp3) is 0.310. The van der Waals surface area contributed by atoms with Gasteiger partial charge >= 0.3 is 0 Å². The van der Waals surface area contributed by atoms with Crippen LogP contribution in [0.4, 0.5) is 0 Å². The first-order valence-corrected chi connectivity index (χ1v) is 10.7. The Labute approximate surface area is 179 Å². The molecule has 0 N–H and O–H groups in total. The highest BCUT2D eigenvalue weighted by Gasteiger charge is 2.30. The lowest BCUT2D eigenvalue weighted by molar-refractivity contribution is 0.645. The highest BCUT2D eigenvalue weighted by atomic mass is 14.3. The maximum absolute atomic E-state index is 2.43. The molecule has 2 aromatic carbocycles. The van der Waals surface area contributed by atoms with E-state index >= 15 is 0 Å². The van der Waals surface area contributed by atoms with Crippen molar-refractivity contribution in [2.75, 3.05) is 0 Å². The summed E-state index contributed by atoms with van der Waals surface area (Å²) in [4.78, 5) is 0. The number of hydrogen-bond donors (Lipinski definition) is 0. The molecule has 0 nitrogen and oxygen atoms in total. The van der Waals surface area contributed by atoms with Gasteiger partial charge in [-0.3, -0.25) is 0 Å². The van der Waals surface area contributed by atoms with E-state index in [9.17, 15) is 0 Å². The Morgan fingerprint density at radius 3 is 1.62 bits per heavy atom. The van der Waals surface area contributed by atoms with Gasteiger partial charge in [-0.2, -0.15) is 0 Å². The van der Waals surface area contributed by atoms with Crippen molar-refractivity contribution < 1.29 is 0 Å². The first-order chi connectivity index (χ1) is 14.0. The molecule has 0 amide bonds. The minimum absolute atomic E-state index is 0.0906. The molecule has 0 aromatic heterocycles. The second-order valence-corrected chi connectivity index (χ2v) is 7.54. The molecule has 0 fully saturated rings. The van der Waals surface area contributed by atoms with Crippen LogP contribution in [0.3, 0.4) is 0 Å². The lowest BCUT2D eigenvalue weighted by atomic mass is 9.70. The summed E-state index contributed by atoms with van der Waals surface area (Å²) in [6.45, 7) is 13.0. The lowest BCUT2D eigenvalue weighted by Gasteiger charge is -2.33. The Hall–Kier alpha value is -2.60. The quantitative estimate of drug-likeness (QED) is 0.330. The van der Waals surface area contributed by atoms with E-state index < -0.39 is 0 Å². The number of allylic oxidation sites excluding steroid dienone is 8. The number of benzene rings is 2. The lowest BCUT2D eigenvalue weighted by Crippen LogP contribution is -2.25. The average molecular weight is 387 g/mol. The van der Waals surface area contributed by atoms with Crippen LogP contribution in [0.5, 0.6) is 0 Å². The van der Waals surface area contributed by atoms with Gasteiger partial charge in [0.25, 0.3) is 0 Å². The molecule has 2 aromatic rings. The highest BCUT2D eigenvalue weighted by Crippen LogP contribution is 2.39. The Kier molecular flexibility index (Phi) is 11.4. The Balaban J connectivity index is 0.000000612. The minimum atomic E-state index is -0.0906. The molecule has 0 saturated carbocycles. The van der Waals surface area contributed by atoms with E-state index in [1.807, 2.05) is 38.2 Å². The Bertz CT molecular complexity index is 739. The molecule has 0 saturated heterocycles. The predicted octanol–water partition coefficient (Wildman–Crippen LogP) is 8.68. The second-order valence-electron chi connectivity index (χ2n) is 7.54. The van der Waals surface area contributed by atoms with Crippen LogP contribution in [0.2, 0.25) is 0 Å². The molecule has 154 valence electrons. The molecule has 0 radical (unpaired) electrons. The van der Waals surface area contributed by atoms with Gasteiger partial charge in [-0.05, 0) is 58.1 Å². The smallest absolute Gasteiger partial charge is 0.0380 e. The topological polar surface area (TPSA) is 0 Å². The maximum atomic E-state index is 2.43. The van der Waals surface area contributed by atoms with Crippen molar-refractivity contribution in [3.05, 3.63) is 120 Å². The van der Waals surface area contributed by atoms with Gasteiger partial charge in [-0.25, -0.2) is 0 Å². The summed E-state index contributed by atoms with van der Waals surface area (Å²) in [7, 11) is 0. The molecule has 0 heterocycles. The maximum Gasteiger partial charge on any atom is 0.0380 e. The summed E-state index contributed by atoms with van der Waals surface area (Å²) in [5.41, 5.74) is 4.01. The minimum Gasteiger partial charge on any atom is -0.0916 e. The molecule has 0 heteroatoms. The summed E-state index contributed by atoms with van der Waals surface area (Å²) >= 11 is 0. The second kappa shape index (κ2) is 13.6.